The number of benzene rings is 1. The number of carbonyl (C=O) groups is 1. The molecular weight excluding hydrogens is 433 g/mol. The number of carboxylic acid groups (broad SMARTS) is 1. The molecule has 3 rings (SSSR count). The number of likely N-dealkylation sites (tertiary alicyclic amines) is 1. The maximum Gasteiger partial charge on any atom is 0.317 e. The van der Waals surface area contributed by atoms with Crippen LogP contribution in [0.3, 0.4) is 0 Å². The van der Waals surface area contributed by atoms with E-state index < -0.39 is 11.4 Å². The Morgan fingerprint density at radius 1 is 1.64 bits per heavy atom. The first-order chi connectivity index (χ1) is 11.9. The fourth-order valence-corrected chi connectivity index (χ4v) is 4.85. The molecule has 0 bridgehead atoms. The fraction of sp³-hybridized carbons (Fsp3) is 0.438. The van der Waals surface area contributed by atoms with E-state index in [-0.39, 0.29) is 18.4 Å². The lowest BCUT2D eigenvalue weighted by Gasteiger charge is -2.46. The molecule has 9 heteroatoms. The SMILES string of the molecule is C=C1CN(CC(=O)O)CC2Nc3c(F)cc(Br)cc3C12CCNSCl. The van der Waals surface area contributed by atoms with Crippen LogP contribution in [-0.2, 0) is 10.2 Å². The van der Waals surface area contributed by atoms with Gasteiger partial charge in [-0.25, -0.2) is 4.39 Å². The molecule has 136 valence electrons. The summed E-state index contributed by atoms with van der Waals surface area (Å²) >= 11 is 4.40. The highest BCUT2D eigenvalue weighted by Crippen LogP contribution is 2.51. The van der Waals surface area contributed by atoms with Crippen LogP contribution in [0, 0.1) is 5.82 Å². The zero-order valence-corrected chi connectivity index (χ0v) is 16.5. The summed E-state index contributed by atoms with van der Waals surface area (Å²) in [6.45, 7) is 5.77. The number of nitrogens with one attached hydrogen (secondary N) is 2. The molecule has 3 N–H and O–H groups in total. The Kier molecular flexibility index (Phi) is 5.65. The van der Waals surface area contributed by atoms with Gasteiger partial charge in [0.15, 0.2) is 0 Å². The second-order valence-corrected chi connectivity index (χ2v) is 8.19. The third-order valence-corrected chi connectivity index (χ3v) is 6.07. The van der Waals surface area contributed by atoms with E-state index in [0.717, 1.165) is 22.3 Å². The van der Waals surface area contributed by atoms with Crippen LogP contribution in [0.15, 0.2) is 28.8 Å². The molecule has 1 aromatic carbocycles. The van der Waals surface area contributed by atoms with Gasteiger partial charge >= 0.3 is 5.97 Å². The van der Waals surface area contributed by atoms with Crippen molar-refractivity contribution in [1.82, 2.24) is 9.62 Å². The van der Waals surface area contributed by atoms with Gasteiger partial charge in [-0.2, -0.15) is 0 Å². The number of piperidine rings is 1. The van der Waals surface area contributed by atoms with Crippen molar-refractivity contribution in [1.29, 1.82) is 0 Å². The number of hydrogen-bond acceptors (Lipinski definition) is 5. The molecule has 1 aromatic rings. The Labute approximate surface area is 162 Å². The monoisotopic (exact) mass is 449 g/mol. The van der Waals surface area contributed by atoms with Gasteiger partial charge in [-0.1, -0.05) is 28.1 Å². The van der Waals surface area contributed by atoms with Crippen LogP contribution in [0.25, 0.3) is 0 Å². The van der Waals surface area contributed by atoms with Crippen LogP contribution >= 0.6 is 37.8 Å². The normalized spacial score (nSPS) is 25.4. The van der Waals surface area contributed by atoms with E-state index in [4.69, 9.17) is 15.8 Å². The van der Waals surface area contributed by atoms with Crippen molar-refractivity contribution in [3.8, 4) is 0 Å². The molecule has 2 unspecified atom stereocenters. The maximum atomic E-state index is 14.5. The first-order valence-electron chi connectivity index (χ1n) is 7.77. The molecule has 25 heavy (non-hydrogen) atoms. The molecule has 0 amide bonds. The largest absolute Gasteiger partial charge is 0.480 e. The Balaban J connectivity index is 2.01. The number of aliphatic carboxylic acids is 1. The van der Waals surface area contributed by atoms with Crippen molar-refractivity contribution in [2.24, 2.45) is 0 Å². The minimum atomic E-state index is -0.884. The standard InChI is InChI=1S/C16H18BrClFN3O2S/c1-9-6-22(8-14(23)24)7-13-16(9,2-3-20-25-18)11-4-10(17)5-12(19)15(11)21-13/h4-5,13,20-21H,1-3,6-8H2,(H,23,24). The minimum Gasteiger partial charge on any atom is -0.480 e. The average Bonchev–Trinajstić information content (AvgIpc) is 2.83. The molecule has 5 nitrogen and oxygen atoms in total. The number of anilines is 1. The van der Waals surface area contributed by atoms with Crippen molar-refractivity contribution in [2.45, 2.75) is 17.9 Å². The lowest BCUT2D eigenvalue weighted by Crippen LogP contribution is -2.56. The third-order valence-electron chi connectivity index (χ3n) is 4.97. The molecule has 2 aliphatic heterocycles. The van der Waals surface area contributed by atoms with Gasteiger partial charge in [-0.15, -0.1) is 0 Å². The van der Waals surface area contributed by atoms with Gasteiger partial charge in [-0.3, -0.25) is 14.4 Å². The first-order valence-corrected chi connectivity index (χ1v) is 10.2. The molecule has 2 atom stereocenters. The predicted octanol–water partition coefficient (Wildman–Crippen LogP) is 3.36. The lowest BCUT2D eigenvalue weighted by molar-refractivity contribution is -0.138. The van der Waals surface area contributed by atoms with Gasteiger partial charge in [0.1, 0.15) is 5.82 Å². The number of fused-ring (bicyclic) bond motifs is 3. The van der Waals surface area contributed by atoms with Gasteiger partial charge in [0, 0.05) is 40.7 Å². The molecule has 1 fully saturated rings. The van der Waals surface area contributed by atoms with Crippen molar-refractivity contribution in [3.63, 3.8) is 0 Å². The smallest absolute Gasteiger partial charge is 0.317 e. The van der Waals surface area contributed by atoms with Gasteiger partial charge < -0.3 is 10.4 Å². The summed E-state index contributed by atoms with van der Waals surface area (Å²) in [5, 5.41) is 12.4. The van der Waals surface area contributed by atoms with E-state index in [1.54, 1.807) is 0 Å². The van der Waals surface area contributed by atoms with Gasteiger partial charge in [0.25, 0.3) is 0 Å². The van der Waals surface area contributed by atoms with E-state index in [9.17, 15) is 9.18 Å². The molecule has 2 aliphatic rings. The van der Waals surface area contributed by atoms with E-state index in [1.807, 2.05) is 11.0 Å². The van der Waals surface area contributed by atoms with Crippen molar-refractivity contribution < 1.29 is 14.3 Å². The summed E-state index contributed by atoms with van der Waals surface area (Å²) in [4.78, 5) is 12.9. The quantitative estimate of drug-likeness (QED) is 0.351. The third kappa shape index (κ3) is 3.42. The lowest BCUT2D eigenvalue weighted by atomic mass is 9.66. The van der Waals surface area contributed by atoms with Gasteiger partial charge in [0.05, 0.1) is 18.3 Å². The molecule has 0 aliphatic carbocycles. The second-order valence-electron chi connectivity index (χ2n) is 6.37. The molecule has 0 spiro atoms. The number of nitrogens with zero attached hydrogens (tertiary/aromatic N) is 1. The summed E-state index contributed by atoms with van der Waals surface area (Å²) in [7, 11) is 5.65. The van der Waals surface area contributed by atoms with E-state index in [0.29, 0.717) is 36.2 Å². The number of rotatable bonds is 6. The highest BCUT2D eigenvalue weighted by molar-refractivity contribution is 9.10. The van der Waals surface area contributed by atoms with Crippen molar-refractivity contribution in [3.05, 3.63) is 40.1 Å². The van der Waals surface area contributed by atoms with Gasteiger partial charge in [-0.05, 0) is 34.8 Å². The second kappa shape index (κ2) is 7.44. The topological polar surface area (TPSA) is 64.6 Å². The molecule has 0 radical (unpaired) electrons. The van der Waals surface area contributed by atoms with E-state index in [1.165, 1.54) is 6.07 Å². The van der Waals surface area contributed by atoms with Crippen LogP contribution in [-0.4, -0.2) is 48.2 Å². The zero-order valence-electron chi connectivity index (χ0n) is 13.3. The van der Waals surface area contributed by atoms with Crippen molar-refractivity contribution in [2.75, 3.05) is 31.5 Å². The predicted molar refractivity (Wildman–Crippen MR) is 102 cm³/mol. The van der Waals surface area contributed by atoms with Gasteiger partial charge in [0.2, 0.25) is 0 Å². The number of carboxylic acids is 1. The summed E-state index contributed by atoms with van der Waals surface area (Å²) in [6, 6.07) is 3.22. The zero-order chi connectivity index (χ0) is 18.2. The summed E-state index contributed by atoms with van der Waals surface area (Å²) < 4.78 is 18.2. The van der Waals surface area contributed by atoms with E-state index >= 15 is 0 Å². The van der Waals surface area contributed by atoms with Crippen LogP contribution in [0.1, 0.15) is 12.0 Å². The average molecular weight is 451 g/mol. The summed E-state index contributed by atoms with van der Waals surface area (Å²) in [6.07, 6.45) is 0.688. The highest BCUT2D eigenvalue weighted by atomic mass is 79.9. The number of hydrogen-bond donors (Lipinski definition) is 3. The highest BCUT2D eigenvalue weighted by Gasteiger charge is 2.52. The number of halogens is 3. The Bertz CT molecular complexity index is 723. The molecular formula is C16H18BrClFN3O2S. The molecule has 2 heterocycles. The van der Waals surface area contributed by atoms with Crippen LogP contribution in [0.2, 0.25) is 0 Å². The Hall–Kier alpha value is -0.800. The van der Waals surface area contributed by atoms with Crippen LogP contribution in [0.5, 0.6) is 0 Å². The Morgan fingerprint density at radius 2 is 2.40 bits per heavy atom. The van der Waals surface area contributed by atoms with Crippen LogP contribution < -0.4 is 10.0 Å². The van der Waals surface area contributed by atoms with Crippen molar-refractivity contribution >= 4 is 49.4 Å². The fourth-order valence-electron chi connectivity index (χ4n) is 4.01. The molecule has 0 aromatic heterocycles. The minimum absolute atomic E-state index is 0.0639. The molecule has 0 saturated carbocycles. The molecule has 1 saturated heterocycles. The summed E-state index contributed by atoms with van der Waals surface area (Å²) in [5.74, 6) is -1.21. The van der Waals surface area contributed by atoms with Crippen LogP contribution in [0.4, 0.5) is 10.1 Å². The Morgan fingerprint density at radius 3 is 3.08 bits per heavy atom. The maximum absolute atomic E-state index is 14.5. The van der Waals surface area contributed by atoms with E-state index in [2.05, 4.69) is 32.5 Å². The summed E-state index contributed by atoms with van der Waals surface area (Å²) in [5.41, 5.74) is 1.76. The first kappa shape index (κ1) is 19.0.